The second kappa shape index (κ2) is 2.35. The van der Waals surface area contributed by atoms with Crippen molar-refractivity contribution in [3.05, 3.63) is 22.9 Å². The van der Waals surface area contributed by atoms with Gasteiger partial charge < -0.3 is 0 Å². The molecule has 1 aromatic heterocycles. The van der Waals surface area contributed by atoms with Crippen molar-refractivity contribution in [2.75, 3.05) is 0 Å². The zero-order valence-corrected chi connectivity index (χ0v) is 6.72. The van der Waals surface area contributed by atoms with E-state index in [1.165, 1.54) is 0 Å². The van der Waals surface area contributed by atoms with Crippen LogP contribution < -0.4 is 0 Å². The van der Waals surface area contributed by atoms with E-state index in [1.807, 2.05) is 13.2 Å². The smallest absolute Gasteiger partial charge is 0.0987 e. The molecule has 0 aliphatic carbocycles. The molecule has 2 nitrogen and oxygen atoms in total. The lowest BCUT2D eigenvalue weighted by Gasteiger charge is -1.81. The van der Waals surface area contributed by atoms with Gasteiger partial charge in [-0.25, -0.2) is 0 Å². The summed E-state index contributed by atoms with van der Waals surface area (Å²) in [5, 5.41) is 4.08. The first-order valence-corrected chi connectivity index (χ1v) is 3.35. The first-order chi connectivity index (χ1) is 4.24. The van der Waals surface area contributed by atoms with E-state index >= 15 is 0 Å². The highest BCUT2D eigenvalue weighted by atomic mass is 79.9. The summed E-state index contributed by atoms with van der Waals surface area (Å²) >= 11 is 3.32. The van der Waals surface area contributed by atoms with Gasteiger partial charge >= 0.3 is 0 Å². The molecular formula is C6H7BrN2. The second-order valence-corrected chi connectivity index (χ2v) is 2.59. The fraction of sp³-hybridized carbons (Fsp3) is 0.167. The van der Waals surface area contributed by atoms with Gasteiger partial charge in [-0.1, -0.05) is 6.58 Å². The third-order valence-electron chi connectivity index (χ3n) is 1.00. The Kier molecular flexibility index (Phi) is 1.71. The monoisotopic (exact) mass is 186 g/mol. The van der Waals surface area contributed by atoms with E-state index in [1.54, 1.807) is 10.8 Å². The summed E-state index contributed by atoms with van der Waals surface area (Å²) in [6, 6.07) is 0. The summed E-state index contributed by atoms with van der Waals surface area (Å²) in [6.07, 6.45) is 3.60. The fourth-order valence-corrected chi connectivity index (χ4v) is 1.15. The largest absolute Gasteiger partial charge is 0.274 e. The molecule has 0 aromatic carbocycles. The van der Waals surface area contributed by atoms with Crippen LogP contribution in [0.3, 0.4) is 0 Å². The minimum Gasteiger partial charge on any atom is -0.274 e. The molecule has 0 amide bonds. The van der Waals surface area contributed by atoms with E-state index in [2.05, 4.69) is 27.6 Å². The van der Waals surface area contributed by atoms with Crippen molar-refractivity contribution in [2.24, 2.45) is 7.05 Å². The van der Waals surface area contributed by atoms with E-state index < -0.39 is 0 Å². The molecule has 1 rings (SSSR count). The van der Waals surface area contributed by atoms with Gasteiger partial charge in [0.2, 0.25) is 0 Å². The summed E-state index contributed by atoms with van der Waals surface area (Å²) in [5.41, 5.74) is 0.887. The molecule has 9 heavy (non-hydrogen) atoms. The molecule has 3 heteroatoms. The summed E-state index contributed by atoms with van der Waals surface area (Å²) in [7, 11) is 1.87. The first-order valence-electron chi connectivity index (χ1n) is 2.55. The lowest BCUT2D eigenvalue weighted by Crippen LogP contribution is -1.86. The van der Waals surface area contributed by atoms with Crippen molar-refractivity contribution in [3.63, 3.8) is 0 Å². The van der Waals surface area contributed by atoms with Gasteiger partial charge in [0, 0.05) is 13.2 Å². The summed E-state index contributed by atoms with van der Waals surface area (Å²) in [6.45, 7) is 3.60. The van der Waals surface area contributed by atoms with E-state index in [0.717, 1.165) is 10.2 Å². The third-order valence-corrected chi connectivity index (χ3v) is 1.61. The normalized spacial score (nSPS) is 9.56. The van der Waals surface area contributed by atoms with Gasteiger partial charge in [-0.15, -0.1) is 0 Å². The average molecular weight is 187 g/mol. The molecule has 1 heterocycles. The highest BCUT2D eigenvalue weighted by Gasteiger charge is 1.97. The van der Waals surface area contributed by atoms with Crippen LogP contribution in [0.4, 0.5) is 0 Å². The number of hydrogen-bond acceptors (Lipinski definition) is 1. The maximum atomic E-state index is 4.08. The molecule has 1 aromatic rings. The molecule has 0 atom stereocenters. The summed E-state index contributed by atoms with van der Waals surface area (Å²) in [5.74, 6) is 0. The van der Waals surface area contributed by atoms with Crippen molar-refractivity contribution in [3.8, 4) is 0 Å². The predicted octanol–water partition coefficient (Wildman–Crippen LogP) is 1.83. The van der Waals surface area contributed by atoms with Crippen molar-refractivity contribution >= 4 is 22.0 Å². The van der Waals surface area contributed by atoms with Gasteiger partial charge in [-0.05, 0) is 22.0 Å². The minimum atomic E-state index is 0.887. The van der Waals surface area contributed by atoms with Crippen molar-refractivity contribution in [2.45, 2.75) is 0 Å². The van der Waals surface area contributed by atoms with E-state index in [0.29, 0.717) is 0 Å². The van der Waals surface area contributed by atoms with Gasteiger partial charge in [-0.3, -0.25) is 4.68 Å². The average Bonchev–Trinajstić information content (AvgIpc) is 2.10. The van der Waals surface area contributed by atoms with E-state index in [9.17, 15) is 0 Å². The minimum absolute atomic E-state index is 0.887. The third kappa shape index (κ3) is 1.21. The van der Waals surface area contributed by atoms with Crippen LogP contribution in [-0.4, -0.2) is 9.78 Å². The quantitative estimate of drug-likeness (QED) is 0.655. The van der Waals surface area contributed by atoms with Crippen molar-refractivity contribution in [1.82, 2.24) is 9.78 Å². The SMILES string of the molecule is C=Cc1nn(C)cc1Br. The van der Waals surface area contributed by atoms with Crippen LogP contribution in [-0.2, 0) is 7.05 Å². The van der Waals surface area contributed by atoms with Crippen molar-refractivity contribution in [1.29, 1.82) is 0 Å². The molecule has 0 aliphatic heterocycles. The van der Waals surface area contributed by atoms with E-state index in [4.69, 9.17) is 0 Å². The Balaban J connectivity index is 3.15. The molecule has 0 saturated heterocycles. The summed E-state index contributed by atoms with van der Waals surface area (Å²) in [4.78, 5) is 0. The van der Waals surface area contributed by atoms with Gasteiger partial charge in [0.05, 0.1) is 10.2 Å². The molecule has 0 radical (unpaired) electrons. The molecule has 0 saturated carbocycles. The maximum absolute atomic E-state index is 4.08. The standard InChI is InChI=1S/C6H7BrN2/c1-3-6-5(7)4-9(2)8-6/h3-4H,1H2,2H3. The number of nitrogens with zero attached hydrogens (tertiary/aromatic N) is 2. The Bertz CT molecular complexity index is 227. The lowest BCUT2D eigenvalue weighted by molar-refractivity contribution is 0.764. The van der Waals surface area contributed by atoms with E-state index in [-0.39, 0.29) is 0 Å². The first kappa shape index (κ1) is 6.55. The Labute approximate surface area is 62.3 Å². The number of rotatable bonds is 1. The van der Waals surface area contributed by atoms with Crippen LogP contribution in [0.5, 0.6) is 0 Å². The Hall–Kier alpha value is -0.570. The maximum Gasteiger partial charge on any atom is 0.0987 e. The number of halogens is 1. The molecular weight excluding hydrogens is 180 g/mol. The highest BCUT2D eigenvalue weighted by molar-refractivity contribution is 9.10. The van der Waals surface area contributed by atoms with Crippen molar-refractivity contribution < 1.29 is 0 Å². The molecule has 48 valence electrons. The molecule has 0 N–H and O–H groups in total. The molecule has 0 fully saturated rings. The lowest BCUT2D eigenvalue weighted by atomic mass is 10.4. The Morgan fingerprint density at radius 3 is 2.78 bits per heavy atom. The van der Waals surface area contributed by atoms with Gasteiger partial charge in [0.15, 0.2) is 0 Å². The van der Waals surface area contributed by atoms with Gasteiger partial charge in [0.25, 0.3) is 0 Å². The molecule has 0 aliphatic rings. The predicted molar refractivity (Wildman–Crippen MR) is 41.0 cm³/mol. The van der Waals surface area contributed by atoms with Gasteiger partial charge in [0.1, 0.15) is 0 Å². The molecule has 0 unspecified atom stereocenters. The van der Waals surface area contributed by atoms with Crippen LogP contribution in [0, 0.1) is 0 Å². The zero-order chi connectivity index (χ0) is 6.85. The number of hydrogen-bond donors (Lipinski definition) is 0. The van der Waals surface area contributed by atoms with Gasteiger partial charge in [-0.2, -0.15) is 5.10 Å². The zero-order valence-electron chi connectivity index (χ0n) is 5.13. The molecule has 0 bridgehead atoms. The van der Waals surface area contributed by atoms with Crippen LogP contribution in [0.15, 0.2) is 17.2 Å². The van der Waals surface area contributed by atoms with Crippen LogP contribution >= 0.6 is 15.9 Å². The Morgan fingerprint density at radius 1 is 1.89 bits per heavy atom. The second-order valence-electron chi connectivity index (χ2n) is 1.74. The highest BCUT2D eigenvalue weighted by Crippen LogP contribution is 2.14. The molecule has 0 spiro atoms. The number of aryl methyl sites for hydroxylation is 1. The van der Waals surface area contributed by atoms with Crippen LogP contribution in [0.1, 0.15) is 5.69 Å². The van der Waals surface area contributed by atoms with Crippen LogP contribution in [0.2, 0.25) is 0 Å². The number of aromatic nitrogens is 2. The topological polar surface area (TPSA) is 17.8 Å². The van der Waals surface area contributed by atoms with Crippen LogP contribution in [0.25, 0.3) is 6.08 Å². The Morgan fingerprint density at radius 2 is 2.56 bits per heavy atom. The fourth-order valence-electron chi connectivity index (χ4n) is 0.615. The summed E-state index contributed by atoms with van der Waals surface area (Å²) < 4.78 is 2.72.